The molecule has 20 heavy (non-hydrogen) atoms. The number of benzene rings is 1. The standard InChI is InChI=1S/C18H30N2/c1-6-19-17-16(12-13-18(17,4)5)20(7-2)15-11-9-8-10-14(15)3/h8-11,16-17,19H,6-7,12-13H2,1-5H3. The van der Waals surface area contributed by atoms with Crippen molar-refractivity contribution in [3.05, 3.63) is 29.8 Å². The summed E-state index contributed by atoms with van der Waals surface area (Å²) in [6.45, 7) is 13.7. The molecular formula is C18H30N2. The van der Waals surface area contributed by atoms with E-state index >= 15 is 0 Å². The van der Waals surface area contributed by atoms with Crippen LogP contribution in [0.3, 0.4) is 0 Å². The van der Waals surface area contributed by atoms with Crippen molar-refractivity contribution in [3.63, 3.8) is 0 Å². The third kappa shape index (κ3) is 2.85. The molecule has 2 nitrogen and oxygen atoms in total. The summed E-state index contributed by atoms with van der Waals surface area (Å²) in [7, 11) is 0. The number of hydrogen-bond donors (Lipinski definition) is 1. The zero-order valence-electron chi connectivity index (χ0n) is 13.7. The summed E-state index contributed by atoms with van der Waals surface area (Å²) in [5.74, 6) is 0. The zero-order valence-corrected chi connectivity index (χ0v) is 13.7. The van der Waals surface area contributed by atoms with Crippen molar-refractivity contribution in [2.45, 2.75) is 59.5 Å². The Morgan fingerprint density at radius 3 is 2.55 bits per heavy atom. The van der Waals surface area contributed by atoms with Crippen molar-refractivity contribution in [3.8, 4) is 0 Å². The van der Waals surface area contributed by atoms with Crippen molar-refractivity contribution in [2.75, 3.05) is 18.0 Å². The van der Waals surface area contributed by atoms with Crippen LogP contribution in [0.25, 0.3) is 0 Å². The van der Waals surface area contributed by atoms with Gasteiger partial charge < -0.3 is 10.2 Å². The maximum absolute atomic E-state index is 3.75. The van der Waals surface area contributed by atoms with Gasteiger partial charge in [-0.05, 0) is 50.3 Å². The van der Waals surface area contributed by atoms with E-state index in [-0.39, 0.29) is 0 Å². The molecule has 0 spiro atoms. The second-order valence-corrected chi connectivity index (χ2v) is 6.70. The molecule has 0 aliphatic heterocycles. The van der Waals surface area contributed by atoms with Crippen LogP contribution in [0.5, 0.6) is 0 Å². The van der Waals surface area contributed by atoms with Crippen LogP contribution in [-0.4, -0.2) is 25.2 Å². The lowest BCUT2D eigenvalue weighted by Crippen LogP contribution is -2.52. The highest BCUT2D eigenvalue weighted by Crippen LogP contribution is 2.41. The molecule has 1 aliphatic rings. The van der Waals surface area contributed by atoms with Gasteiger partial charge in [-0.1, -0.05) is 39.0 Å². The molecule has 0 amide bonds. The first-order valence-electron chi connectivity index (χ1n) is 8.07. The lowest BCUT2D eigenvalue weighted by molar-refractivity contribution is 0.272. The number of aryl methyl sites for hydroxylation is 1. The second kappa shape index (κ2) is 6.17. The van der Waals surface area contributed by atoms with Gasteiger partial charge in [0.25, 0.3) is 0 Å². The van der Waals surface area contributed by atoms with Crippen molar-refractivity contribution in [1.29, 1.82) is 0 Å². The molecule has 2 rings (SSSR count). The van der Waals surface area contributed by atoms with Crippen LogP contribution in [0.1, 0.15) is 46.1 Å². The Hall–Kier alpha value is -1.02. The molecule has 2 heteroatoms. The maximum Gasteiger partial charge on any atom is 0.0448 e. The highest BCUT2D eigenvalue weighted by atomic mass is 15.2. The normalized spacial score (nSPS) is 24.9. The average Bonchev–Trinajstić information content (AvgIpc) is 2.70. The summed E-state index contributed by atoms with van der Waals surface area (Å²) in [6, 6.07) is 9.97. The van der Waals surface area contributed by atoms with Crippen LogP contribution in [0.4, 0.5) is 5.69 Å². The summed E-state index contributed by atoms with van der Waals surface area (Å²) in [5, 5.41) is 3.75. The predicted molar refractivity (Wildman–Crippen MR) is 88.5 cm³/mol. The van der Waals surface area contributed by atoms with E-state index in [1.807, 2.05) is 0 Å². The van der Waals surface area contributed by atoms with Crippen molar-refractivity contribution in [2.24, 2.45) is 5.41 Å². The fraction of sp³-hybridized carbons (Fsp3) is 0.667. The molecule has 0 heterocycles. The van der Waals surface area contributed by atoms with Crippen LogP contribution >= 0.6 is 0 Å². The average molecular weight is 274 g/mol. The van der Waals surface area contributed by atoms with Crippen molar-refractivity contribution in [1.82, 2.24) is 5.32 Å². The number of para-hydroxylation sites is 1. The summed E-state index contributed by atoms with van der Waals surface area (Å²) >= 11 is 0. The van der Waals surface area contributed by atoms with E-state index in [0.717, 1.165) is 13.1 Å². The molecule has 1 N–H and O–H groups in total. The van der Waals surface area contributed by atoms with Crippen molar-refractivity contribution >= 4 is 5.69 Å². The maximum atomic E-state index is 3.75. The Labute approximate surface area is 124 Å². The third-order valence-corrected chi connectivity index (χ3v) is 4.90. The molecule has 0 bridgehead atoms. The van der Waals surface area contributed by atoms with E-state index in [4.69, 9.17) is 0 Å². The summed E-state index contributed by atoms with van der Waals surface area (Å²) in [4.78, 5) is 2.61. The Bertz CT molecular complexity index is 439. The zero-order chi connectivity index (χ0) is 14.8. The Kier molecular flexibility index (Phi) is 4.74. The van der Waals surface area contributed by atoms with Crippen molar-refractivity contribution < 1.29 is 0 Å². The van der Waals surface area contributed by atoms with E-state index < -0.39 is 0 Å². The van der Waals surface area contributed by atoms with Gasteiger partial charge in [0.15, 0.2) is 0 Å². The number of nitrogens with zero attached hydrogens (tertiary/aromatic N) is 1. The fourth-order valence-electron chi connectivity index (χ4n) is 3.80. The van der Waals surface area contributed by atoms with Gasteiger partial charge in [0.1, 0.15) is 0 Å². The summed E-state index contributed by atoms with van der Waals surface area (Å²) < 4.78 is 0. The minimum Gasteiger partial charge on any atom is -0.367 e. The van der Waals surface area contributed by atoms with Gasteiger partial charge in [0, 0.05) is 24.3 Å². The molecule has 112 valence electrons. The molecule has 1 aromatic rings. The van der Waals surface area contributed by atoms with Crippen LogP contribution in [0.2, 0.25) is 0 Å². The van der Waals surface area contributed by atoms with Gasteiger partial charge in [-0.2, -0.15) is 0 Å². The smallest absolute Gasteiger partial charge is 0.0448 e. The minimum absolute atomic E-state index is 0.386. The molecular weight excluding hydrogens is 244 g/mol. The molecule has 1 saturated carbocycles. The van der Waals surface area contributed by atoms with Gasteiger partial charge in [-0.25, -0.2) is 0 Å². The van der Waals surface area contributed by atoms with E-state index in [1.165, 1.54) is 24.1 Å². The molecule has 1 aliphatic carbocycles. The molecule has 0 radical (unpaired) electrons. The van der Waals surface area contributed by atoms with Crippen LogP contribution < -0.4 is 10.2 Å². The van der Waals surface area contributed by atoms with E-state index in [2.05, 4.69) is 69.1 Å². The minimum atomic E-state index is 0.386. The Morgan fingerprint density at radius 1 is 1.25 bits per heavy atom. The highest BCUT2D eigenvalue weighted by molar-refractivity contribution is 5.54. The SMILES string of the molecule is CCNC1C(N(CC)c2ccccc2C)CCC1(C)C. The third-order valence-electron chi connectivity index (χ3n) is 4.90. The number of hydrogen-bond acceptors (Lipinski definition) is 2. The van der Waals surface area contributed by atoms with Crippen LogP contribution in [-0.2, 0) is 0 Å². The van der Waals surface area contributed by atoms with Gasteiger partial charge in [-0.15, -0.1) is 0 Å². The van der Waals surface area contributed by atoms with Crippen LogP contribution in [0, 0.1) is 12.3 Å². The summed E-state index contributed by atoms with van der Waals surface area (Å²) in [5.41, 5.74) is 3.17. The molecule has 0 aromatic heterocycles. The Morgan fingerprint density at radius 2 is 1.95 bits per heavy atom. The molecule has 2 atom stereocenters. The number of likely N-dealkylation sites (N-methyl/N-ethyl adjacent to an activating group) is 2. The summed E-state index contributed by atoms with van der Waals surface area (Å²) in [6.07, 6.45) is 2.59. The fourth-order valence-corrected chi connectivity index (χ4v) is 3.80. The first-order chi connectivity index (χ1) is 9.51. The topological polar surface area (TPSA) is 15.3 Å². The first-order valence-corrected chi connectivity index (χ1v) is 8.07. The highest BCUT2D eigenvalue weighted by Gasteiger charge is 2.43. The number of rotatable bonds is 5. The lowest BCUT2D eigenvalue weighted by atomic mass is 9.86. The van der Waals surface area contributed by atoms with E-state index in [1.54, 1.807) is 0 Å². The van der Waals surface area contributed by atoms with E-state index in [9.17, 15) is 0 Å². The monoisotopic (exact) mass is 274 g/mol. The largest absolute Gasteiger partial charge is 0.367 e. The van der Waals surface area contributed by atoms with Gasteiger partial charge >= 0.3 is 0 Å². The molecule has 0 saturated heterocycles. The predicted octanol–water partition coefficient (Wildman–Crippen LogP) is 3.99. The number of anilines is 1. The van der Waals surface area contributed by atoms with Gasteiger partial charge in [0.05, 0.1) is 0 Å². The molecule has 1 aromatic carbocycles. The van der Waals surface area contributed by atoms with Gasteiger partial charge in [-0.3, -0.25) is 0 Å². The van der Waals surface area contributed by atoms with Gasteiger partial charge in [0.2, 0.25) is 0 Å². The second-order valence-electron chi connectivity index (χ2n) is 6.70. The van der Waals surface area contributed by atoms with E-state index in [0.29, 0.717) is 17.5 Å². The molecule has 2 unspecified atom stereocenters. The lowest BCUT2D eigenvalue weighted by Gasteiger charge is -2.39. The van der Waals surface area contributed by atoms with Crippen LogP contribution in [0.15, 0.2) is 24.3 Å². The number of nitrogens with one attached hydrogen (secondary N) is 1. The molecule has 1 fully saturated rings. The Balaban J connectivity index is 2.30. The quantitative estimate of drug-likeness (QED) is 0.873. The first kappa shape index (κ1) is 15.4.